The first-order valence-corrected chi connectivity index (χ1v) is 9.18. The molecule has 7 heteroatoms. The van der Waals surface area contributed by atoms with E-state index < -0.39 is 17.6 Å². The van der Waals surface area contributed by atoms with Crippen molar-refractivity contribution in [3.63, 3.8) is 0 Å². The van der Waals surface area contributed by atoms with E-state index in [1.54, 1.807) is 18.2 Å². The molecule has 0 heterocycles. The zero-order valence-electron chi connectivity index (χ0n) is 16.3. The standard InChI is InChI=1S/C23H20FN3O3/c1-16-5-7-17(8-6-16)15-30-21-4-2-3-18(13-21)14-25-27-23(29)22(28)26-20-11-9-19(24)10-12-20/h2-14H,15H2,1H3,(H,26,28)(H,27,29)/b25-14-. The van der Waals surface area contributed by atoms with Crippen LogP contribution in [0.2, 0.25) is 0 Å². The molecule has 152 valence electrons. The molecule has 0 saturated heterocycles. The van der Waals surface area contributed by atoms with E-state index in [9.17, 15) is 14.0 Å². The van der Waals surface area contributed by atoms with Gasteiger partial charge in [-0.1, -0.05) is 42.0 Å². The van der Waals surface area contributed by atoms with Gasteiger partial charge in [-0.25, -0.2) is 9.82 Å². The highest BCUT2D eigenvalue weighted by Crippen LogP contribution is 2.14. The van der Waals surface area contributed by atoms with Crippen LogP contribution in [0.4, 0.5) is 10.1 Å². The van der Waals surface area contributed by atoms with Crippen molar-refractivity contribution in [2.45, 2.75) is 13.5 Å². The number of rotatable bonds is 6. The first kappa shape index (κ1) is 20.7. The van der Waals surface area contributed by atoms with Crippen molar-refractivity contribution in [1.29, 1.82) is 0 Å². The number of carbonyl (C=O) groups excluding carboxylic acids is 2. The van der Waals surface area contributed by atoms with Crippen molar-refractivity contribution < 1.29 is 18.7 Å². The number of benzene rings is 3. The number of aryl methyl sites for hydroxylation is 1. The summed E-state index contributed by atoms with van der Waals surface area (Å²) >= 11 is 0. The van der Waals surface area contributed by atoms with Crippen molar-refractivity contribution in [2.24, 2.45) is 5.10 Å². The normalized spacial score (nSPS) is 10.6. The number of anilines is 1. The molecule has 0 fully saturated rings. The number of hydrogen-bond acceptors (Lipinski definition) is 4. The quantitative estimate of drug-likeness (QED) is 0.372. The predicted molar refractivity (Wildman–Crippen MR) is 113 cm³/mol. The third kappa shape index (κ3) is 6.27. The molecule has 2 amide bonds. The second kappa shape index (κ2) is 9.97. The summed E-state index contributed by atoms with van der Waals surface area (Å²) in [6.45, 7) is 2.46. The fourth-order valence-corrected chi connectivity index (χ4v) is 2.47. The lowest BCUT2D eigenvalue weighted by atomic mass is 10.2. The fraction of sp³-hybridized carbons (Fsp3) is 0.0870. The lowest BCUT2D eigenvalue weighted by molar-refractivity contribution is -0.136. The van der Waals surface area contributed by atoms with Gasteiger partial charge in [-0.05, 0) is 54.4 Å². The Hall–Kier alpha value is -4.00. The minimum Gasteiger partial charge on any atom is -0.489 e. The Morgan fingerprint density at radius 3 is 2.47 bits per heavy atom. The monoisotopic (exact) mass is 405 g/mol. The highest BCUT2D eigenvalue weighted by molar-refractivity contribution is 6.39. The average Bonchev–Trinajstić information content (AvgIpc) is 2.75. The molecule has 0 aromatic heterocycles. The molecule has 3 rings (SSSR count). The van der Waals surface area contributed by atoms with E-state index >= 15 is 0 Å². The van der Waals surface area contributed by atoms with Crippen LogP contribution in [0.3, 0.4) is 0 Å². The van der Waals surface area contributed by atoms with E-state index in [-0.39, 0.29) is 0 Å². The Balaban J connectivity index is 1.51. The smallest absolute Gasteiger partial charge is 0.329 e. The van der Waals surface area contributed by atoms with Crippen LogP contribution < -0.4 is 15.5 Å². The molecule has 0 atom stereocenters. The number of carbonyl (C=O) groups is 2. The van der Waals surface area contributed by atoms with E-state index in [1.807, 2.05) is 37.3 Å². The Labute approximate surface area is 173 Å². The van der Waals surface area contributed by atoms with Crippen molar-refractivity contribution in [1.82, 2.24) is 5.43 Å². The first-order valence-electron chi connectivity index (χ1n) is 9.18. The molecular formula is C23H20FN3O3. The van der Waals surface area contributed by atoms with Crippen LogP contribution in [-0.4, -0.2) is 18.0 Å². The highest BCUT2D eigenvalue weighted by atomic mass is 19.1. The summed E-state index contributed by atoms with van der Waals surface area (Å²) in [6.07, 6.45) is 1.40. The second-order valence-corrected chi connectivity index (χ2v) is 6.51. The molecule has 0 unspecified atom stereocenters. The fourth-order valence-electron chi connectivity index (χ4n) is 2.47. The molecule has 0 radical (unpaired) electrons. The molecule has 2 N–H and O–H groups in total. The highest BCUT2D eigenvalue weighted by Gasteiger charge is 2.12. The third-order valence-electron chi connectivity index (χ3n) is 4.07. The summed E-state index contributed by atoms with van der Waals surface area (Å²) in [5, 5.41) is 6.14. The Morgan fingerprint density at radius 2 is 1.73 bits per heavy atom. The number of halogens is 1. The van der Waals surface area contributed by atoms with Gasteiger partial charge in [-0.15, -0.1) is 0 Å². The number of hydrogen-bond donors (Lipinski definition) is 2. The molecule has 0 bridgehead atoms. The molecule has 0 aliphatic carbocycles. The van der Waals surface area contributed by atoms with Crippen LogP contribution in [0, 0.1) is 12.7 Å². The van der Waals surface area contributed by atoms with Gasteiger partial charge in [0.25, 0.3) is 0 Å². The van der Waals surface area contributed by atoms with E-state index in [0.717, 1.165) is 5.56 Å². The SMILES string of the molecule is Cc1ccc(COc2cccc(/C=N\NC(=O)C(=O)Nc3ccc(F)cc3)c2)cc1. The summed E-state index contributed by atoms with van der Waals surface area (Å²) in [5.41, 5.74) is 5.38. The Morgan fingerprint density at radius 1 is 1.00 bits per heavy atom. The van der Waals surface area contributed by atoms with Gasteiger partial charge in [0, 0.05) is 5.69 Å². The van der Waals surface area contributed by atoms with Crippen molar-refractivity contribution >= 4 is 23.7 Å². The van der Waals surface area contributed by atoms with Gasteiger partial charge in [0.15, 0.2) is 0 Å². The first-order chi connectivity index (χ1) is 14.5. The number of amides is 2. The summed E-state index contributed by atoms with van der Waals surface area (Å²) in [5.74, 6) is -1.64. The summed E-state index contributed by atoms with van der Waals surface area (Å²) in [4.78, 5) is 23.6. The van der Waals surface area contributed by atoms with E-state index in [2.05, 4.69) is 15.8 Å². The molecule has 0 spiro atoms. The van der Waals surface area contributed by atoms with Crippen molar-refractivity contribution in [2.75, 3.05) is 5.32 Å². The maximum atomic E-state index is 12.9. The average molecular weight is 405 g/mol. The molecule has 0 aliphatic rings. The van der Waals surface area contributed by atoms with Crippen LogP contribution in [0.25, 0.3) is 0 Å². The minimum absolute atomic E-state index is 0.305. The lowest BCUT2D eigenvalue weighted by Gasteiger charge is -2.07. The predicted octanol–water partition coefficient (Wildman–Crippen LogP) is 3.80. The van der Waals surface area contributed by atoms with Crippen molar-refractivity contribution in [3.8, 4) is 5.75 Å². The van der Waals surface area contributed by atoms with Gasteiger partial charge in [-0.3, -0.25) is 9.59 Å². The number of hydrazone groups is 1. The third-order valence-corrected chi connectivity index (χ3v) is 4.07. The van der Waals surface area contributed by atoms with E-state index in [4.69, 9.17) is 4.74 Å². The molecule has 0 saturated carbocycles. The number of ether oxygens (including phenoxy) is 1. The number of nitrogens with one attached hydrogen (secondary N) is 2. The molecule has 3 aromatic carbocycles. The van der Waals surface area contributed by atoms with Gasteiger partial charge in [-0.2, -0.15) is 5.10 Å². The van der Waals surface area contributed by atoms with E-state index in [0.29, 0.717) is 23.6 Å². The Kier molecular flexibility index (Phi) is 6.89. The van der Waals surface area contributed by atoms with Crippen LogP contribution in [0.15, 0.2) is 77.9 Å². The molecule has 6 nitrogen and oxygen atoms in total. The van der Waals surface area contributed by atoms with Gasteiger partial charge >= 0.3 is 11.8 Å². The van der Waals surface area contributed by atoms with E-state index in [1.165, 1.54) is 36.0 Å². The maximum Gasteiger partial charge on any atom is 0.329 e. The van der Waals surface area contributed by atoms with Gasteiger partial charge in [0.2, 0.25) is 0 Å². The van der Waals surface area contributed by atoms with Crippen LogP contribution in [0.1, 0.15) is 16.7 Å². The van der Waals surface area contributed by atoms with Crippen LogP contribution in [-0.2, 0) is 16.2 Å². The van der Waals surface area contributed by atoms with Gasteiger partial charge < -0.3 is 10.1 Å². The Bertz CT molecular complexity index is 1050. The van der Waals surface area contributed by atoms with Crippen molar-refractivity contribution in [3.05, 3.63) is 95.3 Å². The van der Waals surface area contributed by atoms with Crippen LogP contribution >= 0.6 is 0 Å². The summed E-state index contributed by atoms with van der Waals surface area (Å²) in [7, 11) is 0. The molecule has 30 heavy (non-hydrogen) atoms. The number of nitrogens with zero attached hydrogens (tertiary/aromatic N) is 1. The molecule has 3 aromatic rings. The maximum absolute atomic E-state index is 12.9. The summed E-state index contributed by atoms with van der Waals surface area (Å²) in [6, 6.07) is 20.3. The molecule has 0 aliphatic heterocycles. The lowest BCUT2D eigenvalue weighted by Crippen LogP contribution is -2.32. The topological polar surface area (TPSA) is 79.8 Å². The zero-order chi connectivity index (χ0) is 21.3. The van der Waals surface area contributed by atoms with Gasteiger partial charge in [0.05, 0.1) is 6.21 Å². The second-order valence-electron chi connectivity index (χ2n) is 6.51. The van der Waals surface area contributed by atoms with Crippen LogP contribution in [0.5, 0.6) is 5.75 Å². The zero-order valence-corrected chi connectivity index (χ0v) is 16.3. The summed E-state index contributed by atoms with van der Waals surface area (Å²) < 4.78 is 18.6. The van der Waals surface area contributed by atoms with Gasteiger partial charge in [0.1, 0.15) is 18.2 Å². The minimum atomic E-state index is -0.942. The largest absolute Gasteiger partial charge is 0.489 e. The molecular weight excluding hydrogens is 385 g/mol.